The van der Waals surface area contributed by atoms with Crippen molar-refractivity contribution in [2.45, 2.75) is 32.1 Å². The number of carbonyl (C=O) groups is 1. The predicted octanol–water partition coefficient (Wildman–Crippen LogP) is 2.13. The van der Waals surface area contributed by atoms with Crippen LogP contribution in [-0.2, 0) is 10.2 Å². The van der Waals surface area contributed by atoms with Crippen molar-refractivity contribution in [3.05, 3.63) is 23.2 Å². The van der Waals surface area contributed by atoms with E-state index in [9.17, 15) is 4.79 Å². The minimum Gasteiger partial charge on any atom is -0.466 e. The van der Waals surface area contributed by atoms with Crippen LogP contribution in [0.1, 0.15) is 29.9 Å². The van der Waals surface area contributed by atoms with E-state index < -0.39 is 0 Å². The molecule has 0 atom stereocenters. The molecular weight excluding hydrogens is 152 g/mol. The summed E-state index contributed by atoms with van der Waals surface area (Å²) >= 11 is 0. The molecule has 12 heavy (non-hydrogen) atoms. The van der Waals surface area contributed by atoms with Gasteiger partial charge in [0.2, 0.25) is 0 Å². The summed E-state index contributed by atoms with van der Waals surface area (Å²) in [6.07, 6.45) is 3.02. The lowest BCUT2D eigenvalue weighted by molar-refractivity contribution is -0.109. The molecule has 0 saturated heterocycles. The van der Waals surface area contributed by atoms with Crippen molar-refractivity contribution >= 4 is 6.29 Å². The van der Waals surface area contributed by atoms with Gasteiger partial charge in [-0.2, -0.15) is 0 Å². The molecule has 1 aliphatic rings. The third-order valence-electron chi connectivity index (χ3n) is 2.59. The van der Waals surface area contributed by atoms with E-state index in [1.165, 1.54) is 0 Å². The van der Waals surface area contributed by atoms with Crippen LogP contribution >= 0.6 is 0 Å². The summed E-state index contributed by atoms with van der Waals surface area (Å²) in [7, 11) is 0. The first-order valence-corrected chi connectivity index (χ1v) is 4.22. The predicted molar refractivity (Wildman–Crippen MR) is 45.2 cm³/mol. The molecule has 1 aromatic rings. The Bertz CT molecular complexity index is 319. The largest absolute Gasteiger partial charge is 0.466 e. The topological polar surface area (TPSA) is 30.2 Å². The van der Waals surface area contributed by atoms with E-state index >= 15 is 0 Å². The third-order valence-corrected chi connectivity index (χ3v) is 2.59. The molecule has 1 fully saturated rings. The molecule has 1 heterocycles. The minimum absolute atomic E-state index is 0.179. The van der Waals surface area contributed by atoms with Crippen LogP contribution in [0.15, 0.2) is 10.5 Å². The Morgan fingerprint density at radius 1 is 1.50 bits per heavy atom. The van der Waals surface area contributed by atoms with Gasteiger partial charge in [-0.3, -0.25) is 0 Å². The lowest BCUT2D eigenvalue weighted by Gasteiger charge is -2.02. The van der Waals surface area contributed by atoms with Crippen LogP contribution in [0, 0.1) is 13.8 Å². The van der Waals surface area contributed by atoms with Crippen molar-refractivity contribution in [1.82, 2.24) is 0 Å². The highest BCUT2D eigenvalue weighted by atomic mass is 16.3. The Labute approximate surface area is 71.6 Å². The Hall–Kier alpha value is -1.05. The highest BCUT2D eigenvalue weighted by molar-refractivity contribution is 5.73. The van der Waals surface area contributed by atoms with Gasteiger partial charge in [-0.05, 0) is 32.8 Å². The summed E-state index contributed by atoms with van der Waals surface area (Å²) in [6.45, 7) is 3.84. The van der Waals surface area contributed by atoms with E-state index in [1.54, 1.807) is 0 Å². The molecule has 2 rings (SSSR count). The smallest absolute Gasteiger partial charge is 0.130 e. The summed E-state index contributed by atoms with van der Waals surface area (Å²) in [5.41, 5.74) is 0.914. The molecule has 64 valence electrons. The van der Waals surface area contributed by atoms with E-state index in [-0.39, 0.29) is 5.41 Å². The van der Waals surface area contributed by atoms with Gasteiger partial charge in [-0.15, -0.1) is 0 Å². The highest BCUT2D eigenvalue weighted by Crippen LogP contribution is 2.48. The number of hydrogen-bond acceptors (Lipinski definition) is 2. The van der Waals surface area contributed by atoms with Crippen molar-refractivity contribution < 1.29 is 9.21 Å². The van der Waals surface area contributed by atoms with Gasteiger partial charge < -0.3 is 9.21 Å². The van der Waals surface area contributed by atoms with E-state index in [0.29, 0.717) is 0 Å². The fourth-order valence-corrected chi connectivity index (χ4v) is 1.71. The molecule has 2 heteroatoms. The van der Waals surface area contributed by atoms with Gasteiger partial charge in [0.1, 0.15) is 17.8 Å². The molecule has 0 bridgehead atoms. The summed E-state index contributed by atoms with van der Waals surface area (Å²) in [5.74, 6) is 1.80. The van der Waals surface area contributed by atoms with Crippen LogP contribution in [0.5, 0.6) is 0 Å². The van der Waals surface area contributed by atoms with Crippen molar-refractivity contribution in [2.24, 2.45) is 0 Å². The van der Waals surface area contributed by atoms with Crippen LogP contribution in [-0.4, -0.2) is 6.29 Å². The van der Waals surface area contributed by atoms with Gasteiger partial charge in [-0.1, -0.05) is 0 Å². The molecule has 1 aliphatic carbocycles. The zero-order valence-electron chi connectivity index (χ0n) is 7.39. The molecular formula is C10H12O2. The van der Waals surface area contributed by atoms with Crippen LogP contribution in [0.3, 0.4) is 0 Å². The average Bonchev–Trinajstić information content (AvgIpc) is 2.74. The van der Waals surface area contributed by atoms with E-state index in [2.05, 4.69) is 0 Å². The quantitative estimate of drug-likeness (QED) is 0.627. The second-order valence-electron chi connectivity index (χ2n) is 3.60. The van der Waals surface area contributed by atoms with Crippen molar-refractivity contribution in [3.8, 4) is 0 Å². The van der Waals surface area contributed by atoms with Crippen LogP contribution in [0.25, 0.3) is 0 Å². The van der Waals surface area contributed by atoms with Crippen LogP contribution < -0.4 is 0 Å². The van der Waals surface area contributed by atoms with Gasteiger partial charge in [-0.25, -0.2) is 0 Å². The van der Waals surface area contributed by atoms with E-state index in [1.807, 2.05) is 19.9 Å². The maximum absolute atomic E-state index is 10.8. The van der Waals surface area contributed by atoms with Crippen molar-refractivity contribution in [3.63, 3.8) is 0 Å². The average molecular weight is 164 g/mol. The number of aryl methyl sites for hydroxylation is 2. The molecule has 0 aromatic carbocycles. The molecule has 2 nitrogen and oxygen atoms in total. The first kappa shape index (κ1) is 7.59. The molecule has 0 amide bonds. The Balaban J connectivity index is 2.45. The lowest BCUT2D eigenvalue weighted by atomic mass is 9.98. The third kappa shape index (κ3) is 0.909. The number of rotatable bonds is 2. The number of furan rings is 1. The van der Waals surface area contributed by atoms with Gasteiger partial charge >= 0.3 is 0 Å². The zero-order valence-corrected chi connectivity index (χ0v) is 7.39. The van der Waals surface area contributed by atoms with Gasteiger partial charge in [0.25, 0.3) is 0 Å². The second-order valence-corrected chi connectivity index (χ2v) is 3.60. The maximum atomic E-state index is 10.8. The van der Waals surface area contributed by atoms with Crippen molar-refractivity contribution in [1.29, 1.82) is 0 Å². The van der Waals surface area contributed by atoms with E-state index in [0.717, 1.165) is 36.2 Å². The number of aldehydes is 1. The standard InChI is InChI=1S/C10H12O2/c1-7-5-9(8(2)12-7)10(6-11)3-4-10/h5-6H,3-4H2,1-2H3. The highest BCUT2D eigenvalue weighted by Gasteiger charge is 2.46. The molecule has 0 spiro atoms. The zero-order chi connectivity index (χ0) is 8.77. The minimum atomic E-state index is -0.179. The molecule has 1 aromatic heterocycles. The maximum Gasteiger partial charge on any atom is 0.130 e. The van der Waals surface area contributed by atoms with Crippen molar-refractivity contribution in [2.75, 3.05) is 0 Å². The summed E-state index contributed by atoms with van der Waals surface area (Å²) in [4.78, 5) is 10.8. The summed E-state index contributed by atoms with van der Waals surface area (Å²) in [5, 5.41) is 0. The Kier molecular flexibility index (Phi) is 1.40. The number of carbonyl (C=O) groups excluding carboxylic acids is 1. The van der Waals surface area contributed by atoms with Gasteiger partial charge in [0, 0.05) is 5.56 Å². The van der Waals surface area contributed by atoms with Crippen LogP contribution in [0.4, 0.5) is 0 Å². The number of hydrogen-bond donors (Lipinski definition) is 0. The molecule has 0 radical (unpaired) electrons. The van der Waals surface area contributed by atoms with Gasteiger partial charge in [0.05, 0.1) is 5.41 Å². The Morgan fingerprint density at radius 3 is 2.50 bits per heavy atom. The lowest BCUT2D eigenvalue weighted by Crippen LogP contribution is -2.07. The first-order valence-electron chi connectivity index (χ1n) is 4.22. The first-order chi connectivity index (χ1) is 5.68. The molecule has 0 unspecified atom stereocenters. The summed E-state index contributed by atoms with van der Waals surface area (Å²) < 4.78 is 5.38. The SMILES string of the molecule is Cc1cc(C2(C=O)CC2)c(C)o1. The summed E-state index contributed by atoms with van der Waals surface area (Å²) in [6, 6.07) is 1.98. The molecule has 1 saturated carbocycles. The molecule has 0 aliphatic heterocycles. The monoisotopic (exact) mass is 164 g/mol. The Morgan fingerprint density at radius 2 is 2.17 bits per heavy atom. The van der Waals surface area contributed by atoms with E-state index in [4.69, 9.17) is 4.42 Å². The normalized spacial score (nSPS) is 19.2. The fourth-order valence-electron chi connectivity index (χ4n) is 1.71. The van der Waals surface area contributed by atoms with Gasteiger partial charge in [0.15, 0.2) is 0 Å². The molecule has 0 N–H and O–H groups in total. The fraction of sp³-hybridized carbons (Fsp3) is 0.500. The van der Waals surface area contributed by atoms with Crippen LogP contribution in [0.2, 0.25) is 0 Å². The second kappa shape index (κ2) is 2.22.